The molecular formula is C13H18N5O2+. The number of rotatable bonds is 2. The molecule has 0 atom stereocenters. The summed E-state index contributed by atoms with van der Waals surface area (Å²) in [4.78, 5) is 35.9. The first-order chi connectivity index (χ1) is 9.58. The topological polar surface area (TPSA) is 68.3 Å². The molecule has 0 radical (unpaired) electrons. The summed E-state index contributed by atoms with van der Waals surface area (Å²) in [5.41, 5.74) is 0.279. The molecule has 0 aromatic rings. The highest BCUT2D eigenvalue weighted by Crippen LogP contribution is 2.13. The number of urea groups is 1. The van der Waals surface area contributed by atoms with Crippen LogP contribution in [0, 0.1) is 0 Å². The molecule has 3 aliphatic rings. The van der Waals surface area contributed by atoms with Gasteiger partial charge in [0.05, 0.1) is 20.6 Å². The molecule has 0 N–H and O–H groups in total. The van der Waals surface area contributed by atoms with Gasteiger partial charge in [-0.05, 0) is 25.9 Å². The van der Waals surface area contributed by atoms with Gasteiger partial charge in [0.2, 0.25) is 11.5 Å². The number of amidine groups is 2. The highest BCUT2D eigenvalue weighted by Gasteiger charge is 2.44. The van der Waals surface area contributed by atoms with Gasteiger partial charge in [0, 0.05) is 0 Å². The van der Waals surface area contributed by atoms with E-state index in [-0.39, 0.29) is 17.6 Å². The molecule has 7 nitrogen and oxygen atoms in total. The lowest BCUT2D eigenvalue weighted by molar-refractivity contribution is -0.401. The largest absolute Gasteiger partial charge is 0.446 e. The Labute approximate surface area is 117 Å². The van der Waals surface area contributed by atoms with Crippen molar-refractivity contribution in [3.8, 4) is 0 Å². The molecule has 0 unspecified atom stereocenters. The van der Waals surface area contributed by atoms with Crippen LogP contribution in [0.15, 0.2) is 9.98 Å². The molecule has 3 rings (SSSR count). The molecule has 3 aliphatic heterocycles. The first-order valence-corrected chi connectivity index (χ1v) is 6.89. The van der Waals surface area contributed by atoms with Crippen LogP contribution in [0.25, 0.3) is 0 Å². The van der Waals surface area contributed by atoms with Crippen LogP contribution in [0.4, 0.5) is 4.79 Å². The van der Waals surface area contributed by atoms with E-state index in [1.54, 1.807) is 7.05 Å². The van der Waals surface area contributed by atoms with Crippen molar-refractivity contribution in [2.24, 2.45) is 9.98 Å². The molecule has 0 spiro atoms. The summed E-state index contributed by atoms with van der Waals surface area (Å²) in [6.07, 6.45) is 3.66. The minimum atomic E-state index is -0.375. The number of hydrogen-bond donors (Lipinski definition) is 0. The Hall–Kier alpha value is -1.89. The minimum absolute atomic E-state index is 0.279. The quantitative estimate of drug-likeness (QED) is 0.664. The Morgan fingerprint density at radius 1 is 1.15 bits per heavy atom. The molecule has 106 valence electrons. The van der Waals surface area contributed by atoms with Gasteiger partial charge in [0.1, 0.15) is 0 Å². The number of aliphatic imine (C=N–C) groups is 2. The van der Waals surface area contributed by atoms with Crippen LogP contribution >= 0.6 is 0 Å². The van der Waals surface area contributed by atoms with Crippen molar-refractivity contribution < 1.29 is 14.2 Å². The van der Waals surface area contributed by atoms with Crippen LogP contribution in [0.5, 0.6) is 0 Å². The zero-order valence-corrected chi connectivity index (χ0v) is 11.8. The van der Waals surface area contributed by atoms with E-state index in [9.17, 15) is 9.59 Å². The second-order valence-corrected chi connectivity index (χ2v) is 5.35. The molecule has 0 aromatic carbocycles. The predicted octanol–water partition coefficient (Wildman–Crippen LogP) is -0.0418. The van der Waals surface area contributed by atoms with Gasteiger partial charge < -0.3 is 0 Å². The van der Waals surface area contributed by atoms with Crippen molar-refractivity contribution >= 4 is 29.3 Å². The Morgan fingerprint density at radius 2 is 1.85 bits per heavy atom. The van der Waals surface area contributed by atoms with Crippen molar-refractivity contribution in [1.82, 2.24) is 9.80 Å². The van der Waals surface area contributed by atoms with Gasteiger partial charge in [-0.25, -0.2) is 14.6 Å². The molecule has 3 amide bonds. The van der Waals surface area contributed by atoms with Gasteiger partial charge in [-0.3, -0.25) is 4.90 Å². The second kappa shape index (κ2) is 4.90. The van der Waals surface area contributed by atoms with Gasteiger partial charge in [-0.15, -0.1) is 0 Å². The van der Waals surface area contributed by atoms with Crippen molar-refractivity contribution in [3.63, 3.8) is 0 Å². The number of amides is 3. The van der Waals surface area contributed by atoms with Gasteiger partial charge >= 0.3 is 17.8 Å². The summed E-state index contributed by atoms with van der Waals surface area (Å²) in [5, 5.41) is 0. The molecule has 0 saturated carbocycles. The van der Waals surface area contributed by atoms with Crippen LogP contribution in [-0.4, -0.2) is 77.4 Å². The van der Waals surface area contributed by atoms with Crippen molar-refractivity contribution in [2.75, 3.05) is 33.7 Å². The number of nitrogens with zero attached hydrogens (tertiary/aromatic N) is 5. The van der Waals surface area contributed by atoms with Crippen LogP contribution in [0.2, 0.25) is 0 Å². The van der Waals surface area contributed by atoms with Gasteiger partial charge in [0.25, 0.3) is 0 Å². The molecular weight excluding hydrogens is 258 g/mol. The zero-order chi connectivity index (χ0) is 14.3. The summed E-state index contributed by atoms with van der Waals surface area (Å²) in [5.74, 6) is 0.630. The highest BCUT2D eigenvalue weighted by molar-refractivity contribution is 6.70. The number of imide groups is 1. The van der Waals surface area contributed by atoms with Crippen LogP contribution in [0.3, 0.4) is 0 Å². The summed E-state index contributed by atoms with van der Waals surface area (Å²) in [6.45, 7) is 2.73. The molecule has 0 aromatic heterocycles. The van der Waals surface area contributed by atoms with Crippen LogP contribution in [-0.2, 0) is 4.79 Å². The first kappa shape index (κ1) is 13.1. The van der Waals surface area contributed by atoms with Crippen molar-refractivity contribution in [2.45, 2.75) is 19.3 Å². The number of carbonyl (C=O) groups excluding carboxylic acids is 2. The van der Waals surface area contributed by atoms with Crippen LogP contribution < -0.4 is 0 Å². The standard InChI is InChI=1S/C13H18N5O2/c1-16-11-10(12(19)17(2)13(16)20)14-9(15-11)8-18-6-4-3-5-7-18/h3-8H2,1-2H3/q+1. The number of carbonyl (C=O) groups is 2. The molecule has 20 heavy (non-hydrogen) atoms. The van der Waals surface area contributed by atoms with E-state index in [4.69, 9.17) is 0 Å². The Balaban J connectivity index is 1.85. The third-order valence-electron chi connectivity index (χ3n) is 3.90. The number of likely N-dealkylation sites (tertiary alicyclic amines) is 1. The fourth-order valence-corrected chi connectivity index (χ4v) is 2.71. The van der Waals surface area contributed by atoms with E-state index < -0.39 is 0 Å². The Kier molecular flexibility index (Phi) is 3.21. The fourth-order valence-electron chi connectivity index (χ4n) is 2.71. The maximum absolute atomic E-state index is 12.0. The maximum atomic E-state index is 12.0. The number of fused-ring (bicyclic) bond motifs is 1. The smallest absolute Gasteiger partial charge is 0.295 e. The summed E-state index contributed by atoms with van der Waals surface area (Å²) in [6, 6.07) is -0.369. The molecule has 3 heterocycles. The van der Waals surface area contributed by atoms with Crippen molar-refractivity contribution in [1.29, 1.82) is 0 Å². The fraction of sp³-hybridized carbons (Fsp3) is 0.615. The summed E-state index contributed by atoms with van der Waals surface area (Å²) >= 11 is 0. The van der Waals surface area contributed by atoms with E-state index in [1.165, 1.54) is 30.9 Å². The van der Waals surface area contributed by atoms with E-state index >= 15 is 0 Å². The molecule has 7 heteroatoms. The molecule has 1 fully saturated rings. The highest BCUT2D eigenvalue weighted by atomic mass is 16.2. The predicted molar refractivity (Wildman–Crippen MR) is 74.5 cm³/mol. The zero-order valence-electron chi connectivity index (χ0n) is 11.8. The normalized spacial score (nSPS) is 24.0. The number of hydrogen-bond acceptors (Lipinski definition) is 5. The number of piperidine rings is 1. The van der Waals surface area contributed by atoms with Gasteiger partial charge in [-0.2, -0.15) is 9.48 Å². The third kappa shape index (κ3) is 2.07. The molecule has 0 aliphatic carbocycles. The van der Waals surface area contributed by atoms with E-state index in [0.29, 0.717) is 18.2 Å². The van der Waals surface area contributed by atoms with E-state index in [0.717, 1.165) is 18.0 Å². The third-order valence-corrected chi connectivity index (χ3v) is 3.90. The maximum Gasteiger partial charge on any atom is 0.446 e. The van der Waals surface area contributed by atoms with Gasteiger partial charge in [0.15, 0.2) is 0 Å². The lowest BCUT2D eigenvalue weighted by atomic mass is 10.1. The average Bonchev–Trinajstić information content (AvgIpc) is 2.88. The first-order valence-electron chi connectivity index (χ1n) is 6.89. The summed E-state index contributed by atoms with van der Waals surface area (Å²) in [7, 11) is 3.08. The van der Waals surface area contributed by atoms with E-state index in [2.05, 4.69) is 14.9 Å². The minimum Gasteiger partial charge on any atom is -0.295 e. The Morgan fingerprint density at radius 3 is 2.55 bits per heavy atom. The Bertz CT molecular complexity index is 569. The van der Waals surface area contributed by atoms with E-state index in [1.807, 2.05) is 0 Å². The molecule has 0 bridgehead atoms. The lowest BCUT2D eigenvalue weighted by Crippen LogP contribution is -2.51. The van der Waals surface area contributed by atoms with Crippen molar-refractivity contribution in [3.05, 3.63) is 0 Å². The monoisotopic (exact) mass is 276 g/mol. The molecule has 1 saturated heterocycles. The lowest BCUT2D eigenvalue weighted by Gasteiger charge is -2.24. The average molecular weight is 276 g/mol. The van der Waals surface area contributed by atoms with Crippen LogP contribution in [0.1, 0.15) is 19.3 Å². The summed E-state index contributed by atoms with van der Waals surface area (Å²) < 4.78 is 1.38. The SMILES string of the molecule is CN1C(=O)C2=NC(CN3CCCCC3)=NC2=[N+](C)C1=O. The van der Waals surface area contributed by atoms with Gasteiger partial charge in [-0.1, -0.05) is 11.4 Å². The second-order valence-electron chi connectivity index (χ2n) is 5.35.